The quantitative estimate of drug-likeness (QED) is 0.469. The minimum atomic E-state index is -4.45. The summed E-state index contributed by atoms with van der Waals surface area (Å²) in [5.74, 6) is 0.834. The molecule has 0 spiro atoms. The van der Waals surface area contributed by atoms with Gasteiger partial charge in [-0.3, -0.25) is 4.40 Å². The maximum atomic E-state index is 12.9. The second-order valence-corrected chi connectivity index (χ2v) is 7.40. The van der Waals surface area contributed by atoms with Crippen LogP contribution in [0.5, 0.6) is 5.75 Å². The van der Waals surface area contributed by atoms with Crippen LogP contribution >= 0.6 is 11.8 Å². The summed E-state index contributed by atoms with van der Waals surface area (Å²) in [4.78, 5) is 0. The van der Waals surface area contributed by atoms with Crippen molar-refractivity contribution in [2.75, 3.05) is 12.4 Å². The smallest absolute Gasteiger partial charge is 0.417 e. The number of benzene rings is 2. The topological polar surface area (TPSA) is 59.7 Å². The van der Waals surface area contributed by atoms with Gasteiger partial charge in [0.25, 0.3) is 0 Å². The van der Waals surface area contributed by atoms with Gasteiger partial charge < -0.3 is 9.84 Å². The summed E-state index contributed by atoms with van der Waals surface area (Å²) in [6.45, 7) is 0.0515. The van der Waals surface area contributed by atoms with Gasteiger partial charge in [-0.05, 0) is 35.0 Å². The molecule has 2 aromatic carbocycles. The molecule has 0 amide bonds. The first kappa shape index (κ1) is 19.5. The number of rotatable bonds is 6. The van der Waals surface area contributed by atoms with E-state index in [9.17, 15) is 18.3 Å². The van der Waals surface area contributed by atoms with Gasteiger partial charge in [-0.15, -0.1) is 10.2 Å². The molecule has 0 bridgehead atoms. The summed E-state index contributed by atoms with van der Waals surface area (Å²) in [6, 6.07) is 15.7. The first-order chi connectivity index (χ1) is 13.9. The summed E-state index contributed by atoms with van der Waals surface area (Å²) in [6.07, 6.45) is -4.33. The van der Waals surface area contributed by atoms with Crippen molar-refractivity contribution in [2.45, 2.75) is 17.4 Å². The van der Waals surface area contributed by atoms with Gasteiger partial charge in [0.05, 0.1) is 11.7 Å². The highest BCUT2D eigenvalue weighted by Crippen LogP contribution is 2.30. The van der Waals surface area contributed by atoms with Crippen molar-refractivity contribution >= 4 is 28.2 Å². The minimum Gasteiger partial charge on any atom is -0.491 e. The van der Waals surface area contributed by atoms with Gasteiger partial charge >= 0.3 is 6.18 Å². The van der Waals surface area contributed by atoms with Crippen LogP contribution in [0.25, 0.3) is 16.4 Å². The molecule has 0 aliphatic rings. The van der Waals surface area contributed by atoms with Crippen molar-refractivity contribution in [1.82, 2.24) is 14.6 Å². The zero-order valence-corrected chi connectivity index (χ0v) is 15.8. The molecule has 1 N–H and O–H groups in total. The summed E-state index contributed by atoms with van der Waals surface area (Å²) in [5, 5.41) is 20.3. The predicted molar refractivity (Wildman–Crippen MR) is 104 cm³/mol. The van der Waals surface area contributed by atoms with E-state index in [0.717, 1.165) is 34.8 Å². The SMILES string of the molecule is OC(COc1ccc2ccccc2c1)CSc1nnc2ccc(C(F)(F)F)cn12. The number of fused-ring (bicyclic) bond motifs is 2. The molecule has 1 atom stereocenters. The second kappa shape index (κ2) is 7.92. The van der Waals surface area contributed by atoms with Crippen LogP contribution < -0.4 is 4.74 Å². The van der Waals surface area contributed by atoms with E-state index in [1.807, 2.05) is 42.5 Å². The van der Waals surface area contributed by atoms with E-state index >= 15 is 0 Å². The fourth-order valence-corrected chi connectivity index (χ4v) is 3.63. The third-order valence-corrected chi connectivity index (χ3v) is 5.35. The van der Waals surface area contributed by atoms with Crippen LogP contribution in [0.3, 0.4) is 0 Å². The Morgan fingerprint density at radius 2 is 1.83 bits per heavy atom. The highest BCUT2D eigenvalue weighted by molar-refractivity contribution is 7.99. The average molecular weight is 419 g/mol. The highest BCUT2D eigenvalue weighted by atomic mass is 32.2. The third-order valence-electron chi connectivity index (χ3n) is 4.27. The van der Waals surface area contributed by atoms with E-state index in [1.165, 1.54) is 10.5 Å². The molecule has 5 nitrogen and oxygen atoms in total. The van der Waals surface area contributed by atoms with Gasteiger partial charge in [-0.1, -0.05) is 42.1 Å². The number of halogens is 3. The molecule has 0 fully saturated rings. The molecule has 0 saturated heterocycles. The molecule has 0 aliphatic carbocycles. The Morgan fingerprint density at radius 3 is 2.62 bits per heavy atom. The largest absolute Gasteiger partial charge is 0.491 e. The molecule has 29 heavy (non-hydrogen) atoms. The molecule has 2 heterocycles. The third kappa shape index (κ3) is 4.46. The molecule has 1 unspecified atom stereocenters. The molecule has 4 aromatic rings. The van der Waals surface area contributed by atoms with Crippen LogP contribution in [0.4, 0.5) is 13.2 Å². The van der Waals surface area contributed by atoms with Crippen LogP contribution in [-0.2, 0) is 6.18 Å². The lowest BCUT2D eigenvalue weighted by molar-refractivity contribution is -0.137. The minimum absolute atomic E-state index is 0.0515. The number of aliphatic hydroxyl groups excluding tert-OH is 1. The number of nitrogens with zero attached hydrogens (tertiary/aromatic N) is 3. The lowest BCUT2D eigenvalue weighted by atomic mass is 10.1. The van der Waals surface area contributed by atoms with Gasteiger partial charge in [0.1, 0.15) is 12.4 Å². The molecule has 9 heteroatoms. The van der Waals surface area contributed by atoms with Crippen LogP contribution in [0.1, 0.15) is 5.56 Å². The molecule has 0 aliphatic heterocycles. The van der Waals surface area contributed by atoms with Crippen molar-refractivity contribution in [3.63, 3.8) is 0 Å². The highest BCUT2D eigenvalue weighted by Gasteiger charge is 2.31. The van der Waals surface area contributed by atoms with Gasteiger partial charge in [-0.2, -0.15) is 13.2 Å². The van der Waals surface area contributed by atoms with Crippen LogP contribution in [0.15, 0.2) is 66.0 Å². The second-order valence-electron chi connectivity index (χ2n) is 6.41. The maximum absolute atomic E-state index is 12.9. The maximum Gasteiger partial charge on any atom is 0.417 e. The van der Waals surface area contributed by atoms with E-state index in [4.69, 9.17) is 4.74 Å². The summed E-state index contributed by atoms with van der Waals surface area (Å²) in [5.41, 5.74) is -0.478. The number of hydrogen-bond donors (Lipinski definition) is 1. The first-order valence-corrected chi connectivity index (χ1v) is 9.73. The fraction of sp³-hybridized carbons (Fsp3) is 0.200. The molecule has 150 valence electrons. The Bertz CT molecular complexity index is 1150. The summed E-state index contributed by atoms with van der Waals surface area (Å²) in [7, 11) is 0. The van der Waals surface area contributed by atoms with E-state index in [2.05, 4.69) is 10.2 Å². The Kier molecular flexibility index (Phi) is 5.33. The van der Waals surface area contributed by atoms with Crippen LogP contribution in [0.2, 0.25) is 0 Å². The lowest BCUT2D eigenvalue weighted by Crippen LogP contribution is -2.20. The Labute approximate surface area is 168 Å². The normalized spacial score (nSPS) is 13.1. The number of alkyl halides is 3. The number of thioether (sulfide) groups is 1. The van der Waals surface area contributed by atoms with Gasteiger partial charge in [0.15, 0.2) is 10.8 Å². The Hall–Kier alpha value is -2.78. The molecule has 4 rings (SSSR count). The fourth-order valence-electron chi connectivity index (χ4n) is 2.80. The Balaban J connectivity index is 1.38. The molecule has 0 saturated carbocycles. The zero-order valence-electron chi connectivity index (χ0n) is 15.0. The monoisotopic (exact) mass is 419 g/mol. The summed E-state index contributed by atoms with van der Waals surface area (Å²) < 4.78 is 45.6. The number of aliphatic hydroxyl groups is 1. The van der Waals surface area contributed by atoms with E-state index in [-0.39, 0.29) is 17.5 Å². The van der Waals surface area contributed by atoms with Crippen molar-refractivity contribution < 1.29 is 23.0 Å². The molecular formula is C20H16F3N3O2S. The Morgan fingerprint density at radius 1 is 1.03 bits per heavy atom. The number of ether oxygens (including phenoxy) is 1. The van der Waals surface area contributed by atoms with E-state index in [1.54, 1.807) is 0 Å². The lowest BCUT2D eigenvalue weighted by Gasteiger charge is -2.12. The zero-order chi connectivity index (χ0) is 20.4. The number of pyridine rings is 1. The first-order valence-electron chi connectivity index (χ1n) is 8.74. The van der Waals surface area contributed by atoms with Gasteiger partial charge in [-0.25, -0.2) is 0 Å². The average Bonchev–Trinajstić information content (AvgIpc) is 3.12. The van der Waals surface area contributed by atoms with Crippen molar-refractivity contribution in [2.24, 2.45) is 0 Å². The molecule has 0 radical (unpaired) electrons. The molecular weight excluding hydrogens is 403 g/mol. The van der Waals surface area contributed by atoms with Crippen LogP contribution in [-0.4, -0.2) is 38.2 Å². The number of hydrogen-bond acceptors (Lipinski definition) is 5. The van der Waals surface area contributed by atoms with Gasteiger partial charge in [0.2, 0.25) is 0 Å². The molecule has 2 aromatic heterocycles. The number of aromatic nitrogens is 3. The summed E-state index contributed by atoms with van der Waals surface area (Å²) >= 11 is 1.11. The van der Waals surface area contributed by atoms with Crippen molar-refractivity contribution in [3.8, 4) is 5.75 Å². The van der Waals surface area contributed by atoms with Crippen molar-refractivity contribution in [1.29, 1.82) is 0 Å². The van der Waals surface area contributed by atoms with E-state index in [0.29, 0.717) is 11.4 Å². The standard InChI is InChI=1S/C20H16F3N3O2S/c21-20(22,23)15-6-8-18-24-25-19(26(18)10-15)29-12-16(27)11-28-17-7-5-13-3-1-2-4-14(13)9-17/h1-10,16,27H,11-12H2. The predicted octanol–water partition coefficient (Wildman–Crippen LogP) is 4.43. The van der Waals surface area contributed by atoms with Crippen molar-refractivity contribution in [3.05, 3.63) is 66.4 Å². The van der Waals surface area contributed by atoms with Crippen LogP contribution in [0, 0.1) is 0 Å². The van der Waals surface area contributed by atoms with E-state index < -0.39 is 17.8 Å². The van der Waals surface area contributed by atoms with Gasteiger partial charge in [0, 0.05) is 11.9 Å².